The van der Waals surface area contributed by atoms with E-state index in [1.54, 1.807) is 17.0 Å². The Balaban J connectivity index is 1.17. The third-order valence-electron chi connectivity index (χ3n) is 10.5. The summed E-state index contributed by atoms with van der Waals surface area (Å²) in [6, 6.07) is 5.37. The minimum Gasteiger partial charge on any atom is -0.483 e. The lowest BCUT2D eigenvalue weighted by Crippen LogP contribution is -2.55. The number of likely N-dealkylation sites (tertiary alicyclic amines) is 1. The van der Waals surface area contributed by atoms with Crippen molar-refractivity contribution in [1.82, 2.24) is 30.3 Å². The molecule has 4 aliphatic rings. The van der Waals surface area contributed by atoms with E-state index in [1.807, 2.05) is 13.0 Å². The number of amides is 5. The molecule has 1 aromatic carbocycles. The number of fused-ring (bicyclic) bond motifs is 1. The summed E-state index contributed by atoms with van der Waals surface area (Å²) in [6.45, 7) is 2.51. The summed E-state index contributed by atoms with van der Waals surface area (Å²) in [4.78, 5) is 86.9. The summed E-state index contributed by atoms with van der Waals surface area (Å²) >= 11 is 0. The molecular weight excluding hydrogens is 672 g/mol. The molecule has 6 rings (SSSR count). The van der Waals surface area contributed by atoms with Gasteiger partial charge in [-0.05, 0) is 88.8 Å². The van der Waals surface area contributed by atoms with Gasteiger partial charge in [-0.3, -0.25) is 24.0 Å². The molecule has 15 nitrogen and oxygen atoms in total. The Hall–Kier alpha value is -4.95. The Bertz CT molecular complexity index is 1680. The van der Waals surface area contributed by atoms with Crippen molar-refractivity contribution in [3.05, 3.63) is 35.5 Å². The van der Waals surface area contributed by atoms with Crippen molar-refractivity contribution in [1.29, 1.82) is 0 Å². The topological polar surface area (TPSA) is 188 Å². The molecule has 3 N–H and O–H groups in total. The second kappa shape index (κ2) is 16.6. The third-order valence-corrected chi connectivity index (χ3v) is 10.5. The maximum Gasteiger partial charge on any atom is 0.407 e. The van der Waals surface area contributed by atoms with Crippen LogP contribution in [0, 0.1) is 6.92 Å². The van der Waals surface area contributed by atoms with Gasteiger partial charge in [-0.2, -0.15) is 0 Å². The molecule has 0 unspecified atom stereocenters. The Morgan fingerprint density at radius 1 is 0.904 bits per heavy atom. The van der Waals surface area contributed by atoms with Crippen LogP contribution in [0.2, 0.25) is 0 Å². The fourth-order valence-electron chi connectivity index (χ4n) is 7.29. The van der Waals surface area contributed by atoms with Crippen molar-refractivity contribution in [2.45, 2.75) is 102 Å². The van der Waals surface area contributed by atoms with Gasteiger partial charge in [0.15, 0.2) is 6.61 Å². The number of aromatic nitrogens is 1. The van der Waals surface area contributed by atoms with Crippen molar-refractivity contribution >= 4 is 46.6 Å². The first-order chi connectivity index (χ1) is 25.0. The zero-order chi connectivity index (χ0) is 36.8. The molecule has 280 valence electrons. The summed E-state index contributed by atoms with van der Waals surface area (Å²) < 4.78 is 11.6. The highest BCUT2D eigenvalue weighted by molar-refractivity contribution is 5.99. The molecule has 2 atom stereocenters. The van der Waals surface area contributed by atoms with Gasteiger partial charge >= 0.3 is 12.1 Å². The van der Waals surface area contributed by atoms with Crippen LogP contribution in [0.25, 0.3) is 10.9 Å². The summed E-state index contributed by atoms with van der Waals surface area (Å²) in [5.74, 6) is -1.81. The van der Waals surface area contributed by atoms with Crippen LogP contribution >= 0.6 is 0 Å². The Labute approximate surface area is 302 Å². The maximum atomic E-state index is 13.8. The van der Waals surface area contributed by atoms with E-state index >= 15 is 0 Å². The van der Waals surface area contributed by atoms with Crippen LogP contribution in [0.1, 0.15) is 86.7 Å². The van der Waals surface area contributed by atoms with Crippen molar-refractivity contribution < 1.29 is 43.3 Å². The maximum absolute atomic E-state index is 13.8. The third kappa shape index (κ3) is 8.91. The first-order valence-electron chi connectivity index (χ1n) is 18.5. The summed E-state index contributed by atoms with van der Waals surface area (Å²) in [7, 11) is 0. The predicted molar refractivity (Wildman–Crippen MR) is 188 cm³/mol. The molecule has 0 bridgehead atoms. The lowest BCUT2D eigenvalue weighted by Gasteiger charge is -2.35. The second-order valence-electron chi connectivity index (χ2n) is 14.3. The Kier molecular flexibility index (Phi) is 11.8. The van der Waals surface area contributed by atoms with Gasteiger partial charge in [0.1, 0.15) is 29.6 Å². The number of hydrogen-bond acceptors (Lipinski definition) is 9. The van der Waals surface area contributed by atoms with Crippen LogP contribution < -0.4 is 15.4 Å². The largest absolute Gasteiger partial charge is 0.483 e. The van der Waals surface area contributed by atoms with Gasteiger partial charge in [-0.25, -0.2) is 9.78 Å². The van der Waals surface area contributed by atoms with Crippen LogP contribution in [0.15, 0.2) is 24.3 Å². The number of nitrogens with one attached hydrogen (secondary N) is 2. The zero-order valence-electron chi connectivity index (χ0n) is 29.6. The lowest BCUT2D eigenvalue weighted by molar-refractivity contribution is -0.149. The standard InChI is InChI=1S/C37H48N6O9/c1-23-11-12-26-28(20-23)39-29(21-31(26)51-22-32(44)43-15-5-10-30(43)35(47)38-24-6-4-7-24)34(46)40-27(13-14-33(45)52-25-8-2-3-9-25)36(48)41-16-18-42(19-17-41)37(49)50/h11-12,20-21,24-25,27,30H,2-10,13-19,22H2,1H3,(H,38,47)(H,40,46)(H,49,50)/t27-,30-/m0/s1. The van der Waals surface area contributed by atoms with Gasteiger partial charge in [0.2, 0.25) is 11.8 Å². The van der Waals surface area contributed by atoms with Crippen LogP contribution in [-0.4, -0.2) is 124 Å². The number of aryl methyl sites for hydroxylation is 1. The molecule has 0 spiro atoms. The molecule has 2 aliphatic carbocycles. The lowest BCUT2D eigenvalue weighted by atomic mass is 9.93. The summed E-state index contributed by atoms with van der Waals surface area (Å²) in [5.41, 5.74) is 1.27. The van der Waals surface area contributed by atoms with E-state index in [0.717, 1.165) is 50.5 Å². The minimum absolute atomic E-state index is 0.0227. The highest BCUT2D eigenvalue weighted by Gasteiger charge is 2.36. The van der Waals surface area contributed by atoms with E-state index < -0.39 is 36.0 Å². The van der Waals surface area contributed by atoms with Gasteiger partial charge in [0, 0.05) is 56.6 Å². The molecule has 4 fully saturated rings. The van der Waals surface area contributed by atoms with Gasteiger partial charge < -0.3 is 39.9 Å². The predicted octanol–water partition coefficient (Wildman–Crippen LogP) is 2.77. The Morgan fingerprint density at radius 3 is 2.33 bits per heavy atom. The Morgan fingerprint density at radius 2 is 1.63 bits per heavy atom. The molecule has 1 aromatic heterocycles. The van der Waals surface area contributed by atoms with Crippen molar-refractivity contribution in [2.75, 3.05) is 39.3 Å². The van der Waals surface area contributed by atoms with Crippen LogP contribution in [-0.2, 0) is 23.9 Å². The van der Waals surface area contributed by atoms with Crippen LogP contribution in [0.5, 0.6) is 5.75 Å². The number of rotatable bonds is 12. The number of benzene rings is 1. The first-order valence-corrected chi connectivity index (χ1v) is 18.5. The molecule has 2 aromatic rings. The van der Waals surface area contributed by atoms with E-state index in [0.29, 0.717) is 30.3 Å². The normalized spacial score (nSPS) is 19.9. The summed E-state index contributed by atoms with van der Waals surface area (Å²) in [5, 5.41) is 15.7. The molecule has 52 heavy (non-hydrogen) atoms. The molecule has 5 amide bonds. The molecule has 2 aliphatic heterocycles. The highest BCUT2D eigenvalue weighted by atomic mass is 16.5. The number of hydrogen-bond donors (Lipinski definition) is 3. The quantitative estimate of drug-likeness (QED) is 0.275. The molecule has 0 radical (unpaired) electrons. The zero-order valence-corrected chi connectivity index (χ0v) is 29.6. The van der Waals surface area contributed by atoms with E-state index in [4.69, 9.17) is 9.47 Å². The first kappa shape index (κ1) is 36.8. The van der Waals surface area contributed by atoms with E-state index in [9.17, 15) is 33.9 Å². The molecule has 15 heteroatoms. The van der Waals surface area contributed by atoms with Crippen molar-refractivity contribution in [3.63, 3.8) is 0 Å². The number of ether oxygens (including phenoxy) is 2. The molecule has 2 saturated heterocycles. The van der Waals surface area contributed by atoms with Gasteiger partial charge in [-0.1, -0.05) is 6.07 Å². The number of nitrogens with zero attached hydrogens (tertiary/aromatic N) is 4. The number of esters is 1. The van der Waals surface area contributed by atoms with Crippen LogP contribution in [0.4, 0.5) is 4.79 Å². The number of carboxylic acid groups (broad SMARTS) is 1. The average Bonchev–Trinajstić information content (AvgIpc) is 3.83. The number of carbonyl (C=O) groups excluding carboxylic acids is 5. The van der Waals surface area contributed by atoms with Crippen molar-refractivity contribution in [2.24, 2.45) is 0 Å². The van der Waals surface area contributed by atoms with E-state index in [2.05, 4.69) is 15.6 Å². The fourth-order valence-corrected chi connectivity index (χ4v) is 7.29. The molecule has 2 saturated carbocycles. The summed E-state index contributed by atoms with van der Waals surface area (Å²) in [6.07, 6.45) is 6.54. The van der Waals surface area contributed by atoms with E-state index in [-0.39, 0.29) is 81.0 Å². The number of piperazine rings is 1. The molecular formula is C37H48N6O9. The smallest absolute Gasteiger partial charge is 0.407 e. The molecule has 3 heterocycles. The average molecular weight is 721 g/mol. The van der Waals surface area contributed by atoms with Gasteiger partial charge in [0.25, 0.3) is 11.8 Å². The number of pyridine rings is 1. The number of carbonyl (C=O) groups is 6. The SMILES string of the molecule is Cc1ccc2c(OCC(=O)N3CCC[C@H]3C(=O)NC3CCC3)cc(C(=O)N[C@@H](CCC(=O)OC3CCCC3)C(=O)N3CCN(C(=O)O)CC3)nc2c1. The van der Waals surface area contributed by atoms with Crippen molar-refractivity contribution in [3.8, 4) is 5.75 Å². The fraction of sp³-hybridized carbons (Fsp3) is 0.595. The van der Waals surface area contributed by atoms with Crippen LogP contribution in [0.3, 0.4) is 0 Å². The minimum atomic E-state index is -1.11. The monoisotopic (exact) mass is 720 g/mol. The van der Waals surface area contributed by atoms with E-state index in [1.165, 1.54) is 15.9 Å². The van der Waals surface area contributed by atoms with Gasteiger partial charge in [0.05, 0.1) is 5.52 Å². The van der Waals surface area contributed by atoms with Gasteiger partial charge in [-0.15, -0.1) is 0 Å². The highest BCUT2D eigenvalue weighted by Crippen LogP contribution is 2.28. The second-order valence-corrected chi connectivity index (χ2v) is 14.3.